The lowest BCUT2D eigenvalue weighted by molar-refractivity contribution is -0.274. The summed E-state index contributed by atoms with van der Waals surface area (Å²) in [6.07, 6.45) is -1.51. The van der Waals surface area contributed by atoms with Gasteiger partial charge in [-0.05, 0) is 67.0 Å². The molecule has 36 heavy (non-hydrogen) atoms. The SMILES string of the molecule is COc1ccc(Cn2nnc(C(=O)O)c2N(C)C2CCC(c3ccc(OC(F)(F)F)cc3)CC2)cc1. The van der Waals surface area contributed by atoms with E-state index in [0.717, 1.165) is 42.6 Å². The minimum atomic E-state index is -4.71. The smallest absolute Gasteiger partial charge is 0.497 e. The number of rotatable bonds is 8. The van der Waals surface area contributed by atoms with Crippen molar-refractivity contribution in [3.63, 3.8) is 0 Å². The van der Waals surface area contributed by atoms with E-state index in [9.17, 15) is 23.1 Å². The molecule has 0 saturated heterocycles. The van der Waals surface area contributed by atoms with Gasteiger partial charge >= 0.3 is 12.3 Å². The van der Waals surface area contributed by atoms with Gasteiger partial charge in [-0.2, -0.15) is 0 Å². The number of alkyl halides is 3. The number of aromatic carboxylic acids is 1. The van der Waals surface area contributed by atoms with E-state index in [4.69, 9.17) is 4.74 Å². The molecule has 0 spiro atoms. The molecule has 1 fully saturated rings. The molecule has 0 amide bonds. The highest BCUT2D eigenvalue weighted by molar-refractivity contribution is 5.91. The summed E-state index contributed by atoms with van der Waals surface area (Å²) in [6, 6.07) is 13.5. The van der Waals surface area contributed by atoms with Crippen LogP contribution in [-0.2, 0) is 6.54 Å². The number of ether oxygens (including phenoxy) is 2. The first-order valence-electron chi connectivity index (χ1n) is 11.5. The monoisotopic (exact) mass is 504 g/mol. The Hall–Kier alpha value is -3.76. The molecule has 0 aliphatic heterocycles. The topological polar surface area (TPSA) is 89.7 Å². The molecule has 1 N–H and O–H groups in total. The second-order valence-corrected chi connectivity index (χ2v) is 8.81. The predicted octanol–water partition coefficient (Wildman–Crippen LogP) is 5.09. The number of carbonyl (C=O) groups is 1. The Kier molecular flexibility index (Phi) is 7.37. The standard InChI is InChI=1S/C25H27F3N4O4/c1-31(19-9-5-17(6-10-19)18-7-13-21(14-8-18)36-25(26,27)28)23-22(24(33)34)29-30-32(23)15-16-3-11-20(35-2)12-4-16/h3-4,7-8,11-14,17,19H,5-6,9-10,15H2,1-2H3,(H,33,34). The number of hydrogen-bond acceptors (Lipinski definition) is 6. The number of benzene rings is 2. The highest BCUT2D eigenvalue weighted by atomic mass is 19.4. The van der Waals surface area contributed by atoms with Crippen LogP contribution in [0.3, 0.4) is 0 Å². The Morgan fingerprint density at radius 3 is 2.22 bits per heavy atom. The van der Waals surface area contributed by atoms with Crippen molar-refractivity contribution in [1.29, 1.82) is 0 Å². The zero-order chi connectivity index (χ0) is 25.9. The molecule has 11 heteroatoms. The van der Waals surface area contributed by atoms with E-state index >= 15 is 0 Å². The van der Waals surface area contributed by atoms with E-state index in [2.05, 4.69) is 15.0 Å². The Balaban J connectivity index is 1.45. The zero-order valence-electron chi connectivity index (χ0n) is 19.9. The molecule has 0 radical (unpaired) electrons. The minimum absolute atomic E-state index is 0.0697. The highest BCUT2D eigenvalue weighted by Crippen LogP contribution is 2.37. The Labute approximate surface area is 206 Å². The summed E-state index contributed by atoms with van der Waals surface area (Å²) in [7, 11) is 3.44. The Morgan fingerprint density at radius 2 is 1.67 bits per heavy atom. The zero-order valence-corrected chi connectivity index (χ0v) is 19.9. The molecule has 192 valence electrons. The van der Waals surface area contributed by atoms with Gasteiger partial charge < -0.3 is 19.5 Å². The van der Waals surface area contributed by atoms with Gasteiger partial charge in [-0.15, -0.1) is 18.3 Å². The third kappa shape index (κ3) is 5.89. The summed E-state index contributed by atoms with van der Waals surface area (Å²) >= 11 is 0. The van der Waals surface area contributed by atoms with Crippen molar-refractivity contribution in [3.05, 3.63) is 65.4 Å². The lowest BCUT2D eigenvalue weighted by Gasteiger charge is -2.36. The van der Waals surface area contributed by atoms with Crippen LogP contribution in [0.5, 0.6) is 11.5 Å². The maximum atomic E-state index is 12.4. The predicted molar refractivity (Wildman–Crippen MR) is 126 cm³/mol. The first-order chi connectivity index (χ1) is 17.1. The van der Waals surface area contributed by atoms with Gasteiger partial charge in [-0.3, -0.25) is 0 Å². The van der Waals surface area contributed by atoms with Gasteiger partial charge in [0.05, 0.1) is 13.7 Å². The summed E-state index contributed by atoms with van der Waals surface area (Å²) < 4.78 is 48.0. The number of aromatic nitrogens is 3. The third-order valence-electron chi connectivity index (χ3n) is 6.57. The summed E-state index contributed by atoms with van der Waals surface area (Å²) in [5.41, 5.74) is 1.78. The van der Waals surface area contributed by atoms with Gasteiger partial charge in [-0.1, -0.05) is 29.5 Å². The van der Waals surface area contributed by atoms with E-state index < -0.39 is 12.3 Å². The molecule has 1 aromatic heterocycles. The van der Waals surface area contributed by atoms with Crippen molar-refractivity contribution in [2.75, 3.05) is 19.1 Å². The third-order valence-corrected chi connectivity index (χ3v) is 6.57. The van der Waals surface area contributed by atoms with Crippen LogP contribution in [-0.4, -0.2) is 52.6 Å². The Morgan fingerprint density at radius 1 is 1.06 bits per heavy atom. The maximum Gasteiger partial charge on any atom is 0.573 e. The number of carboxylic acid groups (broad SMARTS) is 1. The number of halogens is 3. The largest absolute Gasteiger partial charge is 0.573 e. The average molecular weight is 505 g/mol. The first kappa shape index (κ1) is 25.3. The molecule has 4 rings (SSSR count). The Bertz CT molecular complexity index is 1170. The molecule has 1 aliphatic carbocycles. The van der Waals surface area contributed by atoms with Crippen molar-refractivity contribution in [3.8, 4) is 11.5 Å². The molecule has 3 aromatic rings. The molecular weight excluding hydrogens is 477 g/mol. The van der Waals surface area contributed by atoms with Gasteiger partial charge in [0.25, 0.3) is 0 Å². The molecular formula is C25H27F3N4O4. The van der Waals surface area contributed by atoms with E-state index in [1.54, 1.807) is 23.9 Å². The lowest BCUT2D eigenvalue weighted by Crippen LogP contribution is -2.37. The van der Waals surface area contributed by atoms with E-state index in [1.165, 1.54) is 12.1 Å². The summed E-state index contributed by atoms with van der Waals surface area (Å²) in [5.74, 6) is -0.0161. The average Bonchev–Trinajstić information content (AvgIpc) is 3.27. The van der Waals surface area contributed by atoms with Gasteiger partial charge in [0.1, 0.15) is 11.5 Å². The van der Waals surface area contributed by atoms with Crippen LogP contribution in [0.25, 0.3) is 0 Å². The first-order valence-corrected chi connectivity index (χ1v) is 11.5. The molecule has 0 unspecified atom stereocenters. The van der Waals surface area contributed by atoms with Crippen molar-refractivity contribution in [2.24, 2.45) is 0 Å². The number of nitrogens with zero attached hydrogens (tertiary/aromatic N) is 4. The van der Waals surface area contributed by atoms with Crippen LogP contribution in [0.2, 0.25) is 0 Å². The van der Waals surface area contributed by atoms with Crippen LogP contribution in [0, 0.1) is 0 Å². The van der Waals surface area contributed by atoms with Crippen molar-refractivity contribution < 1.29 is 32.5 Å². The maximum absolute atomic E-state index is 12.4. The van der Waals surface area contributed by atoms with E-state index in [0.29, 0.717) is 12.4 Å². The van der Waals surface area contributed by atoms with Crippen LogP contribution in [0.15, 0.2) is 48.5 Å². The second-order valence-electron chi connectivity index (χ2n) is 8.81. The van der Waals surface area contributed by atoms with Crippen molar-refractivity contribution in [1.82, 2.24) is 15.0 Å². The minimum Gasteiger partial charge on any atom is -0.497 e. The van der Waals surface area contributed by atoms with Crippen LogP contribution >= 0.6 is 0 Å². The molecule has 0 bridgehead atoms. The van der Waals surface area contributed by atoms with E-state index in [1.807, 2.05) is 36.2 Å². The van der Waals surface area contributed by atoms with Gasteiger partial charge in [-0.25, -0.2) is 9.48 Å². The summed E-state index contributed by atoms with van der Waals surface area (Å²) in [4.78, 5) is 13.8. The van der Waals surface area contributed by atoms with Crippen molar-refractivity contribution >= 4 is 11.8 Å². The van der Waals surface area contributed by atoms with Gasteiger partial charge in [0.15, 0.2) is 5.82 Å². The van der Waals surface area contributed by atoms with Crippen molar-refractivity contribution in [2.45, 2.75) is 50.6 Å². The molecule has 8 nitrogen and oxygen atoms in total. The molecule has 1 saturated carbocycles. The fraction of sp³-hybridized carbons (Fsp3) is 0.400. The molecule has 1 heterocycles. The van der Waals surface area contributed by atoms with Gasteiger partial charge in [0, 0.05) is 13.1 Å². The summed E-state index contributed by atoms with van der Waals surface area (Å²) in [5, 5.41) is 17.7. The van der Waals surface area contributed by atoms with Gasteiger partial charge in [0.2, 0.25) is 5.69 Å². The fourth-order valence-electron chi connectivity index (χ4n) is 4.72. The quantitative estimate of drug-likeness (QED) is 0.457. The second kappa shape index (κ2) is 10.5. The van der Waals surface area contributed by atoms with E-state index in [-0.39, 0.29) is 23.4 Å². The normalized spacial score (nSPS) is 18.0. The number of hydrogen-bond donors (Lipinski definition) is 1. The van der Waals surface area contributed by atoms with Crippen LogP contribution in [0.4, 0.5) is 19.0 Å². The van der Waals surface area contributed by atoms with Crippen LogP contribution in [0.1, 0.15) is 53.2 Å². The summed E-state index contributed by atoms with van der Waals surface area (Å²) in [6.45, 7) is 0.353. The molecule has 2 aromatic carbocycles. The highest BCUT2D eigenvalue weighted by Gasteiger charge is 2.32. The number of methoxy groups -OCH3 is 1. The number of carboxylic acids is 1. The molecule has 1 aliphatic rings. The molecule has 0 atom stereocenters. The fourth-order valence-corrected chi connectivity index (χ4v) is 4.72. The lowest BCUT2D eigenvalue weighted by atomic mass is 9.81. The number of anilines is 1. The van der Waals surface area contributed by atoms with Crippen LogP contribution < -0.4 is 14.4 Å².